The summed E-state index contributed by atoms with van der Waals surface area (Å²) in [5, 5.41) is 8.44. The summed E-state index contributed by atoms with van der Waals surface area (Å²) in [6, 6.07) is 3.04. The van der Waals surface area contributed by atoms with Crippen molar-refractivity contribution in [2.45, 2.75) is 47.6 Å². The van der Waals surface area contributed by atoms with Crippen LogP contribution in [0.2, 0.25) is 0 Å². The second-order valence-electron chi connectivity index (χ2n) is 12.3. The molecule has 0 aromatic carbocycles. The number of aromatic nitrogens is 6. The highest BCUT2D eigenvalue weighted by atomic mass is 32.1. The first-order chi connectivity index (χ1) is 24.4. The van der Waals surface area contributed by atoms with Crippen LogP contribution >= 0.6 is 11.3 Å². The Morgan fingerprint density at radius 2 is 1.80 bits per heavy atom. The first-order valence-electron chi connectivity index (χ1n) is 16.7. The summed E-state index contributed by atoms with van der Waals surface area (Å²) in [5.74, 6) is -0.365. The number of ether oxygens (including phenoxy) is 1. The number of aryl methyl sites for hydroxylation is 2. The molecule has 0 spiro atoms. The molecule has 0 fully saturated rings. The van der Waals surface area contributed by atoms with E-state index in [1.165, 1.54) is 16.9 Å². The summed E-state index contributed by atoms with van der Waals surface area (Å²) < 4.78 is 11.0. The number of hydrogen-bond acceptors (Lipinski definition) is 9. The minimum Gasteiger partial charge on any atom is -0.462 e. The molecule has 5 rings (SSSR count). The number of carbonyl (C=O) groups excluding carboxylic acids is 2. The van der Waals surface area contributed by atoms with E-state index in [9.17, 15) is 14.4 Å². The number of thiazole rings is 1. The van der Waals surface area contributed by atoms with Gasteiger partial charge in [-0.05, 0) is 51.8 Å². The van der Waals surface area contributed by atoms with Crippen LogP contribution < -0.4 is 20.7 Å². The van der Waals surface area contributed by atoms with Crippen LogP contribution in [0, 0.1) is 0 Å². The van der Waals surface area contributed by atoms with Gasteiger partial charge in [-0.3, -0.25) is 15.1 Å². The Hall–Kier alpha value is -5.63. The van der Waals surface area contributed by atoms with E-state index >= 15 is 0 Å². The summed E-state index contributed by atoms with van der Waals surface area (Å²) in [6.07, 6.45) is 13.8. The average Bonchev–Trinajstić information content (AvgIpc) is 3.72. The molecule has 0 radical (unpaired) electrons. The number of carbonyl (C=O) groups is 2. The summed E-state index contributed by atoms with van der Waals surface area (Å²) in [7, 11) is 5.87. The van der Waals surface area contributed by atoms with Gasteiger partial charge in [0.05, 0.1) is 53.9 Å². The van der Waals surface area contributed by atoms with Crippen molar-refractivity contribution in [1.29, 1.82) is 0 Å². The third kappa shape index (κ3) is 8.40. The number of amides is 2. The van der Waals surface area contributed by atoms with Gasteiger partial charge in [0.1, 0.15) is 16.4 Å². The predicted molar refractivity (Wildman–Crippen MR) is 200 cm³/mol. The monoisotopic (exact) mass is 710 g/mol. The maximum Gasteiger partial charge on any atom is 0.343 e. The van der Waals surface area contributed by atoms with Crippen molar-refractivity contribution in [2.75, 3.05) is 25.5 Å². The summed E-state index contributed by atoms with van der Waals surface area (Å²) in [6.45, 7) is 10.7. The van der Waals surface area contributed by atoms with E-state index in [0.29, 0.717) is 51.6 Å². The second kappa shape index (κ2) is 15.9. The standard InChI is InChI=1S/C37H43N9O4S/c1-9-23(4)16-43(6)17-24(5)18-46-21-29(36(48)50-11-3)34(47)27-12-30(39-15-32(27)46)28-14-40-33(42-37(49)38-10-2)13-26(28)35-41-31(22-51-35)25-19-44(7)45(8)20-25/h12-17,19-22H,9-11,18H2,1-8H3,(H-,38,39,40,42,49)/p+1. The van der Waals surface area contributed by atoms with E-state index in [2.05, 4.69) is 35.7 Å². The Morgan fingerprint density at radius 3 is 2.49 bits per heavy atom. The molecule has 13 nitrogen and oxygen atoms in total. The average molecular weight is 711 g/mol. The molecule has 51 heavy (non-hydrogen) atoms. The highest BCUT2D eigenvalue weighted by Crippen LogP contribution is 2.36. The zero-order valence-corrected chi connectivity index (χ0v) is 31.1. The first-order valence-corrected chi connectivity index (χ1v) is 17.6. The van der Waals surface area contributed by atoms with Crippen molar-refractivity contribution in [1.82, 2.24) is 34.4 Å². The molecule has 5 heterocycles. The van der Waals surface area contributed by atoms with E-state index in [-0.39, 0.29) is 18.2 Å². The first kappa shape index (κ1) is 36.6. The van der Waals surface area contributed by atoms with Gasteiger partial charge in [-0.2, -0.15) is 4.68 Å². The Bertz CT molecular complexity index is 2190. The molecule has 266 valence electrons. The predicted octanol–water partition coefficient (Wildman–Crippen LogP) is 5.88. The van der Waals surface area contributed by atoms with Gasteiger partial charge < -0.3 is 19.5 Å². The maximum atomic E-state index is 13.9. The summed E-state index contributed by atoms with van der Waals surface area (Å²) in [4.78, 5) is 55.6. The zero-order chi connectivity index (χ0) is 36.8. The number of rotatable bonds is 12. The molecule has 0 saturated heterocycles. The van der Waals surface area contributed by atoms with Gasteiger partial charge in [0.2, 0.25) is 11.6 Å². The van der Waals surface area contributed by atoms with Gasteiger partial charge in [0.25, 0.3) is 0 Å². The molecule has 14 heteroatoms. The minimum absolute atomic E-state index is 0.0650. The SMILES string of the molecule is CCNC(=O)Nc1cc(-c2nc(-c3cn(C)[n+](C)c3)cs2)c(-c2cc3c(=O)c(C(=O)OCC)cn(CC(C)=CN(C)C=C(C)CC)c3cn2)cn1. The number of fused-ring (bicyclic) bond motifs is 1. The molecular formula is C37H44N9O4S+. The van der Waals surface area contributed by atoms with Gasteiger partial charge in [0, 0.05) is 61.4 Å². The number of anilines is 1. The van der Waals surface area contributed by atoms with Gasteiger partial charge in [-0.25, -0.2) is 19.6 Å². The molecule has 0 atom stereocenters. The van der Waals surface area contributed by atoms with Gasteiger partial charge in [0.15, 0.2) is 7.05 Å². The van der Waals surface area contributed by atoms with Gasteiger partial charge >= 0.3 is 12.0 Å². The second-order valence-corrected chi connectivity index (χ2v) is 13.1. The third-order valence-corrected chi connectivity index (χ3v) is 9.10. The van der Waals surface area contributed by atoms with Crippen molar-refractivity contribution < 1.29 is 19.0 Å². The van der Waals surface area contributed by atoms with Crippen molar-refractivity contribution in [2.24, 2.45) is 14.1 Å². The van der Waals surface area contributed by atoms with Crippen molar-refractivity contribution >= 4 is 40.1 Å². The fraction of sp³-hybridized carbons (Fsp3) is 0.324. The van der Waals surface area contributed by atoms with Crippen LogP contribution in [-0.2, 0) is 25.4 Å². The third-order valence-electron chi connectivity index (χ3n) is 8.23. The largest absolute Gasteiger partial charge is 0.462 e. The molecule has 0 aliphatic carbocycles. The number of urea groups is 1. The number of allylic oxidation sites excluding steroid dienone is 2. The molecule has 5 aromatic rings. The van der Waals surface area contributed by atoms with Crippen LogP contribution in [0.15, 0.2) is 76.8 Å². The smallest absolute Gasteiger partial charge is 0.343 e. The molecule has 0 saturated carbocycles. The minimum atomic E-state index is -0.690. The number of nitrogens with one attached hydrogen (secondary N) is 2. The van der Waals surface area contributed by atoms with E-state index in [1.807, 2.05) is 77.8 Å². The molecule has 0 unspecified atom stereocenters. The molecule has 2 amide bonds. The topological polar surface area (TPSA) is 140 Å². The zero-order valence-electron chi connectivity index (χ0n) is 30.3. The molecule has 0 aliphatic heterocycles. The highest BCUT2D eigenvalue weighted by molar-refractivity contribution is 7.13. The van der Waals surface area contributed by atoms with Crippen molar-refractivity contribution in [3.8, 4) is 33.1 Å². The summed E-state index contributed by atoms with van der Waals surface area (Å²) >= 11 is 1.44. The number of hydrogen-bond donors (Lipinski definition) is 2. The van der Waals surface area contributed by atoms with E-state index in [1.54, 1.807) is 37.6 Å². The van der Waals surface area contributed by atoms with Crippen LogP contribution in [0.25, 0.3) is 44.0 Å². The van der Waals surface area contributed by atoms with Crippen LogP contribution in [0.1, 0.15) is 51.4 Å². The quantitative estimate of drug-likeness (QED) is 0.121. The maximum absolute atomic E-state index is 13.9. The lowest BCUT2D eigenvalue weighted by Gasteiger charge is -2.17. The van der Waals surface area contributed by atoms with Crippen molar-refractivity contribution in [3.05, 3.63) is 87.8 Å². The number of nitrogens with zero attached hydrogens (tertiary/aromatic N) is 7. The van der Waals surface area contributed by atoms with Gasteiger partial charge in [-0.15, -0.1) is 16.0 Å². The van der Waals surface area contributed by atoms with Crippen LogP contribution in [-0.4, -0.2) is 61.3 Å². The normalized spacial score (nSPS) is 11.9. The van der Waals surface area contributed by atoms with Crippen LogP contribution in [0.3, 0.4) is 0 Å². The molecule has 0 bridgehead atoms. The van der Waals surface area contributed by atoms with E-state index in [0.717, 1.165) is 23.3 Å². The Balaban J connectivity index is 1.65. The highest BCUT2D eigenvalue weighted by Gasteiger charge is 2.21. The number of pyridine rings is 3. The Labute approximate surface area is 300 Å². The Kier molecular flexibility index (Phi) is 11.4. The van der Waals surface area contributed by atoms with E-state index < -0.39 is 11.4 Å². The van der Waals surface area contributed by atoms with Crippen LogP contribution in [0.5, 0.6) is 0 Å². The van der Waals surface area contributed by atoms with E-state index in [4.69, 9.17) is 14.7 Å². The lowest BCUT2D eigenvalue weighted by Crippen LogP contribution is -2.35. The van der Waals surface area contributed by atoms with Crippen molar-refractivity contribution in [3.63, 3.8) is 0 Å². The Morgan fingerprint density at radius 1 is 1.04 bits per heavy atom. The fourth-order valence-electron chi connectivity index (χ4n) is 5.56. The fourth-order valence-corrected chi connectivity index (χ4v) is 6.42. The summed E-state index contributed by atoms with van der Waals surface area (Å²) in [5.41, 5.74) is 5.72. The molecule has 2 N–H and O–H groups in total. The molecule has 5 aromatic heterocycles. The lowest BCUT2D eigenvalue weighted by atomic mass is 10.0. The lowest BCUT2D eigenvalue weighted by molar-refractivity contribution is -0.751. The van der Waals surface area contributed by atoms with Gasteiger partial charge in [-0.1, -0.05) is 12.5 Å². The number of esters is 1. The van der Waals surface area contributed by atoms with Crippen LogP contribution in [0.4, 0.5) is 10.6 Å². The molecular weight excluding hydrogens is 667 g/mol. The molecule has 0 aliphatic rings.